The number of ether oxygens (including phenoxy) is 3. The van der Waals surface area contributed by atoms with E-state index >= 15 is 0 Å². The smallest absolute Gasteiger partial charge is 0.235 e. The second-order valence-corrected chi connectivity index (χ2v) is 35.2. The SMILES string of the molecule is CC.CC.CC.CC.CC.CC.CC.CC.CC(C)Nc1c(Oc2ccc(C(C)C)cc2)cc(O)c2c1C(=O)c1ccccc1C2=O.CC(C)Nc1c(Oc2ccc(C(C)C)cc2)cc(O)c2c1C(=O)c1ccccc1C2=O.CC(C)c1ccc(C(=O)c2cc(NS(=O)(=O)C(C)C)c3c(c2N)C(=O)c2ccccc2C3=O)cc1.CC(C)c1ccc(Oc2cc(O)c3c(c2N)C(=O)c2ccccc2C3=O)cc1. The maximum Gasteiger partial charge on any atom is 0.235 e. The van der Waals surface area contributed by atoms with E-state index in [0.717, 1.165) is 11.1 Å². The van der Waals surface area contributed by atoms with Crippen molar-refractivity contribution in [3.63, 3.8) is 0 Å². The van der Waals surface area contributed by atoms with E-state index in [2.05, 4.69) is 56.9 Å². The first-order chi connectivity index (χ1) is 67.4. The van der Waals surface area contributed by atoms with Gasteiger partial charge < -0.3 is 51.6 Å². The van der Waals surface area contributed by atoms with E-state index in [9.17, 15) is 66.9 Å². The number of hydrogen-bond donors (Lipinski definition) is 8. The van der Waals surface area contributed by atoms with E-state index < -0.39 is 44.2 Å². The number of hydrogen-bond acceptors (Lipinski definition) is 21. The van der Waals surface area contributed by atoms with Gasteiger partial charge in [0.15, 0.2) is 69.3 Å². The average Bonchev–Trinajstić information content (AvgIpc) is 0.748. The molecule has 16 rings (SSSR count). The number of sulfonamides is 1. The molecule has 22 nitrogen and oxygen atoms in total. The first-order valence-electron chi connectivity index (χ1n) is 49.1. The number of ketones is 9. The Bertz CT molecular complexity index is 6340. The summed E-state index contributed by atoms with van der Waals surface area (Å²) < 4.78 is 45.9. The van der Waals surface area contributed by atoms with E-state index in [1.807, 2.05) is 225 Å². The number of fused-ring (bicyclic) bond motifs is 8. The van der Waals surface area contributed by atoms with E-state index in [-0.39, 0.29) is 154 Å². The lowest BCUT2D eigenvalue weighted by Crippen LogP contribution is -2.28. The molecule has 0 saturated heterocycles. The molecule has 10 N–H and O–H groups in total. The lowest BCUT2D eigenvalue weighted by atomic mass is 9.80. The Balaban J connectivity index is 0.000000316. The number of anilines is 5. The Labute approximate surface area is 834 Å². The zero-order valence-electron chi connectivity index (χ0n) is 87.4. The molecule has 0 fully saturated rings. The minimum Gasteiger partial charge on any atom is -0.507 e. The van der Waals surface area contributed by atoms with Crippen LogP contribution in [0, 0.1) is 0 Å². The predicted molar refractivity (Wildman–Crippen MR) is 575 cm³/mol. The third-order valence-electron chi connectivity index (χ3n) is 21.8. The molecule has 0 amide bonds. The van der Waals surface area contributed by atoms with Crippen molar-refractivity contribution >= 4 is 90.5 Å². The molecule has 0 unspecified atom stereocenters. The van der Waals surface area contributed by atoms with Gasteiger partial charge >= 0.3 is 0 Å². The van der Waals surface area contributed by atoms with Gasteiger partial charge in [-0.2, -0.15) is 0 Å². The van der Waals surface area contributed by atoms with Crippen LogP contribution in [0.5, 0.6) is 51.7 Å². The highest BCUT2D eigenvalue weighted by Gasteiger charge is 2.42. The summed E-state index contributed by atoms with van der Waals surface area (Å²) in [6.07, 6.45) is 0. The summed E-state index contributed by atoms with van der Waals surface area (Å²) >= 11 is 0. The molecule has 4 aliphatic carbocycles. The van der Waals surface area contributed by atoms with Gasteiger partial charge in [0.2, 0.25) is 10.0 Å². The van der Waals surface area contributed by atoms with Gasteiger partial charge in [-0.3, -0.25) is 47.9 Å². The van der Waals surface area contributed by atoms with Crippen molar-refractivity contribution in [2.24, 2.45) is 0 Å². The third kappa shape index (κ3) is 26.5. The van der Waals surface area contributed by atoms with Crippen LogP contribution in [0.4, 0.5) is 28.4 Å². The maximum atomic E-state index is 13.5. The number of aromatic hydroxyl groups is 3. The molecule has 0 heterocycles. The van der Waals surface area contributed by atoms with Crippen molar-refractivity contribution in [3.05, 3.63) is 341 Å². The summed E-state index contributed by atoms with van der Waals surface area (Å²) in [4.78, 5) is 119. The van der Waals surface area contributed by atoms with Crippen LogP contribution < -0.4 is 41.0 Å². The molecular formula is C118H143N5O17S. The van der Waals surface area contributed by atoms with E-state index in [1.165, 1.54) is 61.4 Å². The minimum atomic E-state index is -3.90. The Hall–Kier alpha value is -14.6. The highest BCUT2D eigenvalue weighted by atomic mass is 32.2. The summed E-state index contributed by atoms with van der Waals surface area (Å²) in [5.41, 5.74) is 19.9. The standard InChI is InChI=1S/C27H26N2O5S.2C26H25NO4.C23H19NO4.8C2H6/c1-14(2)16-9-11-17(12-10-16)25(30)20-13-21(29-35(33,34)15(3)4)22-23(24(20)28)27(32)19-8-6-5-7-18(19)26(22)31;2*1-14(2)16-9-11-17(12-10-16)31-21-13-20(28)22-23(24(21)27-15(3)4)26(30)19-8-6-5-7-18(19)25(22)29;1-12(2)13-7-9-14(10-8-13)28-18-11-17(25)19-20(21(18)24)23(27)16-6-4-3-5-15(16)22(19)26;8*1-2/h5-15,29H,28H2,1-4H3;2*5-15,27-28H,1-4H3;3-12,25H,24H2,1-2H3;8*1-2H3. The molecular weight excluding hydrogens is 1790 g/mol. The van der Waals surface area contributed by atoms with Crippen molar-refractivity contribution in [1.82, 2.24) is 0 Å². The molecule has 0 spiro atoms. The van der Waals surface area contributed by atoms with Gasteiger partial charge in [-0.15, -0.1) is 0 Å². The Kier molecular flexibility index (Phi) is 44.9. The number of benzene rings is 12. The number of nitrogen functional groups attached to an aromatic ring is 2. The molecule has 0 aliphatic heterocycles. The lowest BCUT2D eigenvalue weighted by molar-refractivity contribution is 0.0977. The Morgan fingerprint density at radius 1 is 0.291 bits per heavy atom. The molecule has 0 saturated carbocycles. The number of carbonyl (C=O) groups excluding carboxylic acids is 9. The first-order valence-corrected chi connectivity index (χ1v) is 50.6. The number of rotatable bonds is 19. The van der Waals surface area contributed by atoms with Crippen LogP contribution >= 0.6 is 0 Å². The monoisotopic (exact) mass is 1930 g/mol. The van der Waals surface area contributed by atoms with Gasteiger partial charge in [-0.25, -0.2) is 8.42 Å². The average molecular weight is 1940 g/mol. The largest absolute Gasteiger partial charge is 0.507 e. The predicted octanol–water partition coefficient (Wildman–Crippen LogP) is 29.2. The van der Waals surface area contributed by atoms with Crippen molar-refractivity contribution in [1.29, 1.82) is 0 Å². The molecule has 0 radical (unpaired) electrons. The first kappa shape index (κ1) is 117. The number of nitrogens with one attached hydrogen (secondary N) is 3. The van der Waals surface area contributed by atoms with Gasteiger partial charge in [-0.05, 0) is 130 Å². The number of carbonyl (C=O) groups is 9. The van der Waals surface area contributed by atoms with Crippen molar-refractivity contribution < 1.29 is 81.1 Å². The Morgan fingerprint density at radius 2 is 0.518 bits per heavy atom. The fourth-order valence-corrected chi connectivity index (χ4v) is 15.8. The van der Waals surface area contributed by atoms with Crippen LogP contribution in [0.1, 0.15) is 397 Å². The highest BCUT2D eigenvalue weighted by Crippen LogP contribution is 2.49. The van der Waals surface area contributed by atoms with Crippen LogP contribution in [0.25, 0.3) is 0 Å². The molecule has 141 heavy (non-hydrogen) atoms. The van der Waals surface area contributed by atoms with Crippen LogP contribution in [0.3, 0.4) is 0 Å². The van der Waals surface area contributed by atoms with Crippen LogP contribution in [-0.2, 0) is 10.0 Å². The molecule has 12 aromatic rings. The molecule has 23 heteroatoms. The van der Waals surface area contributed by atoms with Gasteiger partial charge in [0.1, 0.15) is 34.5 Å². The van der Waals surface area contributed by atoms with Crippen molar-refractivity contribution in [3.8, 4) is 51.7 Å². The maximum absolute atomic E-state index is 13.5. The summed E-state index contributed by atoms with van der Waals surface area (Å²) in [6, 6.07) is 61.2. The Morgan fingerprint density at radius 3 is 0.780 bits per heavy atom. The number of phenolic OH excluding ortho intramolecular Hbond substituents is 3. The zero-order chi connectivity index (χ0) is 106. The molecule has 0 bridgehead atoms. The molecule has 748 valence electrons. The van der Waals surface area contributed by atoms with Gasteiger partial charge in [0.25, 0.3) is 0 Å². The minimum absolute atomic E-state index is 0.00866. The van der Waals surface area contributed by atoms with Crippen LogP contribution in [0.2, 0.25) is 0 Å². The van der Waals surface area contributed by atoms with Crippen LogP contribution in [-0.4, -0.2) is 93.1 Å². The number of nitrogens with two attached hydrogens (primary N) is 2. The third-order valence-corrected chi connectivity index (χ3v) is 23.6. The molecule has 4 aliphatic rings. The quantitative estimate of drug-likeness (QED) is 0.0212. The summed E-state index contributed by atoms with van der Waals surface area (Å²) in [7, 11) is -3.90. The van der Waals surface area contributed by atoms with E-state index in [1.54, 1.807) is 109 Å². The van der Waals surface area contributed by atoms with E-state index in [4.69, 9.17) is 25.7 Å². The second kappa shape index (κ2) is 54.1. The van der Waals surface area contributed by atoms with Crippen molar-refractivity contribution in [2.75, 3.05) is 26.8 Å². The lowest BCUT2D eigenvalue weighted by Gasteiger charge is -2.25. The molecule has 0 atom stereocenters. The van der Waals surface area contributed by atoms with E-state index in [0.29, 0.717) is 85.7 Å². The second-order valence-electron chi connectivity index (χ2n) is 32.9. The summed E-state index contributed by atoms with van der Waals surface area (Å²) in [6.45, 7) is 59.4. The van der Waals surface area contributed by atoms with Gasteiger partial charge in [-0.1, -0.05) is 324 Å². The van der Waals surface area contributed by atoms with Gasteiger partial charge in [0, 0.05) is 85.9 Å². The number of phenols is 3. The fraction of sp³-hybridized carbons (Fsp3) is 0.314. The molecule has 0 aromatic heterocycles. The summed E-state index contributed by atoms with van der Waals surface area (Å²) in [5.74, 6) is -0.810. The van der Waals surface area contributed by atoms with Crippen molar-refractivity contribution in [2.45, 2.75) is 249 Å². The zero-order valence-corrected chi connectivity index (χ0v) is 88.3. The summed E-state index contributed by atoms with van der Waals surface area (Å²) in [5, 5.41) is 37.6. The normalized spacial score (nSPS) is 11.7. The topological polar surface area (TPSA) is 364 Å². The van der Waals surface area contributed by atoms with Crippen LogP contribution in [0.15, 0.2) is 218 Å². The fourth-order valence-electron chi connectivity index (χ4n) is 15.1. The molecule has 12 aromatic carbocycles. The highest BCUT2D eigenvalue weighted by molar-refractivity contribution is 7.93. The van der Waals surface area contributed by atoms with Gasteiger partial charge in [0.05, 0.1) is 78.2 Å².